The molecule has 4 aromatic rings. The number of halogens is 1. The maximum absolute atomic E-state index is 14.3. The average molecular weight is 443 g/mol. The molecule has 0 atom stereocenters. The number of hydrogen-bond acceptors (Lipinski definition) is 4. The lowest BCUT2D eigenvalue weighted by Gasteiger charge is -2.14. The van der Waals surface area contributed by atoms with E-state index in [2.05, 4.69) is 10.4 Å². The van der Waals surface area contributed by atoms with Crippen molar-refractivity contribution in [2.45, 2.75) is 13.3 Å². The minimum absolute atomic E-state index is 0.147. The summed E-state index contributed by atoms with van der Waals surface area (Å²) in [4.78, 5) is 25.4. The third-order valence-corrected chi connectivity index (χ3v) is 5.03. The Morgan fingerprint density at radius 3 is 2.48 bits per heavy atom. The van der Waals surface area contributed by atoms with E-state index in [9.17, 15) is 14.0 Å². The molecule has 0 aliphatic carbocycles. The molecule has 1 amide bonds. The highest BCUT2D eigenvalue weighted by molar-refractivity contribution is 6.03. The van der Waals surface area contributed by atoms with Crippen LogP contribution in [0, 0.1) is 12.7 Å². The molecule has 0 saturated carbocycles. The van der Waals surface area contributed by atoms with Crippen LogP contribution in [0.4, 0.5) is 10.1 Å². The molecule has 0 spiro atoms. The fourth-order valence-electron chi connectivity index (χ4n) is 3.37. The number of nitrogens with one attached hydrogen (secondary N) is 1. The van der Waals surface area contributed by atoms with Crippen LogP contribution >= 0.6 is 0 Å². The molecule has 166 valence electrons. The van der Waals surface area contributed by atoms with Gasteiger partial charge in [0.15, 0.2) is 5.69 Å². The molecule has 1 heterocycles. The van der Waals surface area contributed by atoms with Gasteiger partial charge in [-0.1, -0.05) is 54.6 Å². The van der Waals surface area contributed by atoms with Gasteiger partial charge in [-0.25, -0.2) is 9.07 Å². The van der Waals surface area contributed by atoms with Crippen molar-refractivity contribution in [1.82, 2.24) is 9.78 Å². The van der Waals surface area contributed by atoms with Crippen molar-refractivity contribution in [3.8, 4) is 11.4 Å². The molecule has 3 aromatic carbocycles. The Bertz CT molecular complexity index is 1340. The summed E-state index contributed by atoms with van der Waals surface area (Å²) in [6, 6.07) is 24.2. The zero-order valence-electron chi connectivity index (χ0n) is 18.0. The molecule has 7 heteroatoms. The monoisotopic (exact) mass is 443 g/mol. The Hall–Kier alpha value is -4.26. The molecule has 0 aliphatic rings. The molecular formula is C26H22FN3O3. The van der Waals surface area contributed by atoms with Crippen LogP contribution in [0.15, 0.2) is 89.7 Å². The second kappa shape index (κ2) is 9.91. The van der Waals surface area contributed by atoms with Crippen LogP contribution in [0.3, 0.4) is 0 Å². The molecular weight excluding hydrogens is 421 g/mol. The molecule has 6 nitrogen and oxygen atoms in total. The zero-order valence-corrected chi connectivity index (χ0v) is 18.0. The largest absolute Gasteiger partial charge is 0.491 e. The van der Waals surface area contributed by atoms with Crippen molar-refractivity contribution in [3.05, 3.63) is 118 Å². The first kappa shape index (κ1) is 22.0. The SMILES string of the molecule is Cc1cc(=O)c(C(=O)Nc2ccccc2OCCc2ccccc2)nn1-c1ccccc1F. The van der Waals surface area contributed by atoms with Crippen molar-refractivity contribution < 1.29 is 13.9 Å². The lowest BCUT2D eigenvalue weighted by atomic mass is 10.2. The van der Waals surface area contributed by atoms with E-state index in [-0.39, 0.29) is 11.4 Å². The van der Waals surface area contributed by atoms with Crippen LogP contribution in [0.5, 0.6) is 5.75 Å². The Morgan fingerprint density at radius 1 is 1.00 bits per heavy atom. The maximum Gasteiger partial charge on any atom is 0.280 e. The number of hydrogen-bond donors (Lipinski definition) is 1. The van der Waals surface area contributed by atoms with E-state index in [4.69, 9.17) is 4.74 Å². The highest BCUT2D eigenvalue weighted by Crippen LogP contribution is 2.24. The van der Waals surface area contributed by atoms with Gasteiger partial charge in [-0.05, 0) is 36.8 Å². The van der Waals surface area contributed by atoms with Gasteiger partial charge in [-0.2, -0.15) is 5.10 Å². The fourth-order valence-corrected chi connectivity index (χ4v) is 3.37. The van der Waals surface area contributed by atoms with E-state index >= 15 is 0 Å². The second-order valence-corrected chi connectivity index (χ2v) is 7.40. The number of nitrogens with zero attached hydrogens (tertiary/aromatic N) is 2. The number of ether oxygens (including phenoxy) is 1. The fraction of sp³-hybridized carbons (Fsp3) is 0.115. The molecule has 1 N–H and O–H groups in total. The normalized spacial score (nSPS) is 10.6. The predicted molar refractivity (Wildman–Crippen MR) is 125 cm³/mol. The van der Waals surface area contributed by atoms with E-state index in [0.717, 1.165) is 5.56 Å². The predicted octanol–water partition coefficient (Wildman–Crippen LogP) is 4.55. The van der Waals surface area contributed by atoms with Gasteiger partial charge < -0.3 is 10.1 Å². The zero-order chi connectivity index (χ0) is 23.2. The highest BCUT2D eigenvalue weighted by atomic mass is 19.1. The van der Waals surface area contributed by atoms with Crippen molar-refractivity contribution in [2.75, 3.05) is 11.9 Å². The Balaban J connectivity index is 1.55. The lowest BCUT2D eigenvalue weighted by Crippen LogP contribution is -2.27. The Labute approximate surface area is 190 Å². The number of carbonyl (C=O) groups excluding carboxylic acids is 1. The molecule has 0 saturated heterocycles. The van der Waals surface area contributed by atoms with E-state index in [1.807, 2.05) is 30.3 Å². The van der Waals surface area contributed by atoms with Gasteiger partial charge in [-0.15, -0.1) is 0 Å². The first-order valence-electron chi connectivity index (χ1n) is 10.5. The summed E-state index contributed by atoms with van der Waals surface area (Å²) in [6.07, 6.45) is 0.704. The van der Waals surface area contributed by atoms with Crippen LogP contribution in [0.2, 0.25) is 0 Å². The first-order chi connectivity index (χ1) is 16.0. The molecule has 0 unspecified atom stereocenters. The summed E-state index contributed by atoms with van der Waals surface area (Å²) >= 11 is 0. The van der Waals surface area contributed by atoms with Crippen molar-refractivity contribution >= 4 is 11.6 Å². The van der Waals surface area contributed by atoms with Crippen LogP contribution in [0.25, 0.3) is 5.69 Å². The van der Waals surface area contributed by atoms with Crippen LogP contribution in [-0.4, -0.2) is 22.3 Å². The average Bonchev–Trinajstić information content (AvgIpc) is 2.81. The van der Waals surface area contributed by atoms with Crippen LogP contribution in [-0.2, 0) is 6.42 Å². The van der Waals surface area contributed by atoms with Gasteiger partial charge in [0.25, 0.3) is 5.91 Å². The van der Waals surface area contributed by atoms with E-state index in [1.54, 1.807) is 43.3 Å². The lowest BCUT2D eigenvalue weighted by molar-refractivity contribution is 0.101. The van der Waals surface area contributed by atoms with Gasteiger partial charge in [0, 0.05) is 18.2 Å². The van der Waals surface area contributed by atoms with Crippen molar-refractivity contribution in [1.29, 1.82) is 0 Å². The minimum Gasteiger partial charge on any atom is -0.491 e. The summed E-state index contributed by atoms with van der Waals surface area (Å²) in [5.74, 6) is -0.743. The molecule has 33 heavy (non-hydrogen) atoms. The maximum atomic E-state index is 14.3. The summed E-state index contributed by atoms with van der Waals surface area (Å²) in [5, 5.41) is 6.84. The second-order valence-electron chi connectivity index (χ2n) is 7.40. The standard InChI is InChI=1S/C26H22FN3O3/c1-18-17-23(31)25(29-30(18)22-13-7-5-11-20(22)27)26(32)28-21-12-6-8-14-24(21)33-16-15-19-9-3-2-4-10-19/h2-14,17H,15-16H2,1H3,(H,28,32). The Kier molecular flexibility index (Phi) is 6.59. The van der Waals surface area contributed by atoms with E-state index in [1.165, 1.54) is 22.9 Å². The number of carbonyl (C=O) groups is 1. The highest BCUT2D eigenvalue weighted by Gasteiger charge is 2.18. The molecule has 0 bridgehead atoms. The molecule has 4 rings (SSSR count). The number of para-hydroxylation sites is 3. The molecule has 0 aliphatic heterocycles. The van der Waals surface area contributed by atoms with Gasteiger partial charge in [-0.3, -0.25) is 9.59 Å². The van der Waals surface area contributed by atoms with Gasteiger partial charge in [0.05, 0.1) is 12.3 Å². The van der Waals surface area contributed by atoms with Crippen molar-refractivity contribution in [3.63, 3.8) is 0 Å². The number of aryl methyl sites for hydroxylation is 1. The quantitative estimate of drug-likeness (QED) is 0.455. The van der Waals surface area contributed by atoms with Crippen LogP contribution < -0.4 is 15.5 Å². The van der Waals surface area contributed by atoms with E-state index < -0.39 is 17.2 Å². The number of rotatable bonds is 7. The number of benzene rings is 3. The van der Waals surface area contributed by atoms with Crippen molar-refractivity contribution in [2.24, 2.45) is 0 Å². The van der Waals surface area contributed by atoms with Crippen LogP contribution in [0.1, 0.15) is 21.7 Å². The number of amides is 1. The smallest absolute Gasteiger partial charge is 0.280 e. The molecule has 0 fully saturated rings. The van der Waals surface area contributed by atoms with Gasteiger partial charge >= 0.3 is 0 Å². The van der Waals surface area contributed by atoms with Gasteiger partial charge in [0.2, 0.25) is 5.43 Å². The third kappa shape index (κ3) is 5.15. The number of aromatic nitrogens is 2. The van der Waals surface area contributed by atoms with Gasteiger partial charge in [0.1, 0.15) is 17.3 Å². The minimum atomic E-state index is -0.704. The molecule has 1 aromatic heterocycles. The summed E-state index contributed by atoms with van der Waals surface area (Å²) < 4.78 is 21.4. The summed E-state index contributed by atoms with van der Waals surface area (Å²) in [6.45, 7) is 2.04. The summed E-state index contributed by atoms with van der Waals surface area (Å²) in [7, 11) is 0. The summed E-state index contributed by atoms with van der Waals surface area (Å²) in [5.41, 5.74) is 1.20. The molecule has 0 radical (unpaired) electrons. The topological polar surface area (TPSA) is 73.2 Å². The first-order valence-corrected chi connectivity index (χ1v) is 10.5. The Morgan fingerprint density at radius 2 is 1.70 bits per heavy atom. The third-order valence-electron chi connectivity index (χ3n) is 5.03. The van der Waals surface area contributed by atoms with E-state index in [0.29, 0.717) is 30.2 Å². The number of anilines is 1.